The van der Waals surface area contributed by atoms with Crippen molar-refractivity contribution in [2.24, 2.45) is 0 Å². The molecule has 1 unspecified atom stereocenters. The van der Waals surface area contributed by atoms with Gasteiger partial charge in [-0.25, -0.2) is 4.39 Å². The smallest absolute Gasteiger partial charge is 0.305 e. The summed E-state index contributed by atoms with van der Waals surface area (Å²) in [5.74, 6) is -0.879. The molecule has 0 saturated heterocycles. The lowest BCUT2D eigenvalue weighted by atomic mass is 9.94. The zero-order valence-corrected chi connectivity index (χ0v) is 25.6. The van der Waals surface area contributed by atoms with Crippen LogP contribution in [-0.2, 0) is 11.2 Å². The van der Waals surface area contributed by atoms with Crippen LogP contribution in [0.2, 0.25) is 0 Å². The van der Waals surface area contributed by atoms with Crippen molar-refractivity contribution < 1.29 is 33.4 Å². The molecule has 2 amide bonds. The highest BCUT2D eigenvalue weighted by atomic mass is 19.1. The summed E-state index contributed by atoms with van der Waals surface area (Å²) in [5.41, 5.74) is 3.46. The van der Waals surface area contributed by atoms with Crippen LogP contribution in [0.5, 0.6) is 11.5 Å². The number of nitrogens with zero attached hydrogens (tertiary/aromatic N) is 1. The third kappa shape index (κ3) is 8.47. The normalized spacial score (nSPS) is 11.4. The van der Waals surface area contributed by atoms with E-state index in [9.17, 15) is 23.9 Å². The summed E-state index contributed by atoms with van der Waals surface area (Å²) in [6.07, 6.45) is 0.233. The van der Waals surface area contributed by atoms with E-state index >= 15 is 0 Å². The van der Waals surface area contributed by atoms with Crippen LogP contribution in [0.15, 0.2) is 91.0 Å². The minimum absolute atomic E-state index is 0.00792. The second kappa shape index (κ2) is 15.5. The number of hydrogen-bond acceptors (Lipinski definition) is 5. The van der Waals surface area contributed by atoms with Crippen LogP contribution >= 0.6 is 0 Å². The maximum atomic E-state index is 14.1. The third-order valence-corrected chi connectivity index (χ3v) is 7.42. The van der Waals surface area contributed by atoms with Gasteiger partial charge in [0.2, 0.25) is 0 Å². The van der Waals surface area contributed by atoms with E-state index < -0.39 is 12.0 Å². The van der Waals surface area contributed by atoms with E-state index in [1.54, 1.807) is 67.8 Å². The second-order valence-electron chi connectivity index (χ2n) is 10.4. The lowest BCUT2D eigenvalue weighted by molar-refractivity contribution is -0.137. The van der Waals surface area contributed by atoms with Gasteiger partial charge in [0, 0.05) is 24.2 Å². The number of carboxylic acids is 1. The minimum atomic E-state index is -1.01. The van der Waals surface area contributed by atoms with E-state index in [0.29, 0.717) is 46.8 Å². The molecule has 0 heterocycles. The fourth-order valence-electron chi connectivity index (χ4n) is 5.05. The van der Waals surface area contributed by atoms with Crippen LogP contribution in [0.3, 0.4) is 0 Å². The summed E-state index contributed by atoms with van der Waals surface area (Å²) in [7, 11) is 1.56. The number of rotatable bonds is 14. The molecule has 4 aromatic carbocycles. The number of carbonyl (C=O) groups excluding carboxylic acids is 2. The van der Waals surface area contributed by atoms with Crippen molar-refractivity contribution in [3.63, 3.8) is 0 Å². The van der Waals surface area contributed by atoms with Gasteiger partial charge in [-0.05, 0) is 78.9 Å². The number of hydrogen-bond donors (Lipinski definition) is 2. The van der Waals surface area contributed by atoms with Gasteiger partial charge in [-0.15, -0.1) is 0 Å². The highest BCUT2D eigenvalue weighted by Crippen LogP contribution is 2.30. The molecule has 0 bridgehead atoms. The first-order chi connectivity index (χ1) is 21.7. The topological polar surface area (TPSA) is 105 Å². The maximum Gasteiger partial charge on any atom is 0.305 e. The van der Waals surface area contributed by atoms with E-state index in [1.165, 1.54) is 17.0 Å². The molecule has 4 aromatic rings. The Morgan fingerprint density at radius 3 is 2.16 bits per heavy atom. The van der Waals surface area contributed by atoms with Gasteiger partial charge in [0.05, 0.1) is 26.2 Å². The molecule has 234 valence electrons. The van der Waals surface area contributed by atoms with Gasteiger partial charge in [0.1, 0.15) is 5.82 Å². The van der Waals surface area contributed by atoms with Gasteiger partial charge in [-0.3, -0.25) is 14.4 Å². The Bertz CT molecular complexity index is 1640. The average molecular weight is 613 g/mol. The first-order valence-electron chi connectivity index (χ1n) is 14.8. The van der Waals surface area contributed by atoms with Crippen molar-refractivity contribution in [2.75, 3.05) is 26.8 Å². The molecule has 0 radical (unpaired) electrons. The Balaban J connectivity index is 1.61. The van der Waals surface area contributed by atoms with Crippen molar-refractivity contribution in [3.8, 4) is 22.6 Å². The van der Waals surface area contributed by atoms with Crippen molar-refractivity contribution >= 4 is 17.8 Å². The molecule has 0 fully saturated rings. The van der Waals surface area contributed by atoms with Crippen LogP contribution < -0.4 is 14.8 Å². The largest absolute Gasteiger partial charge is 0.493 e. The van der Waals surface area contributed by atoms with E-state index in [2.05, 4.69) is 5.32 Å². The van der Waals surface area contributed by atoms with Gasteiger partial charge in [-0.1, -0.05) is 54.6 Å². The van der Waals surface area contributed by atoms with E-state index in [4.69, 9.17) is 9.47 Å². The summed E-state index contributed by atoms with van der Waals surface area (Å²) < 4.78 is 24.5. The standard InChI is InChI=1S/C36H37FN2O6/c1-4-45-32-18-13-25(23-33(32)44-3)19-21-39(22-20-34(40)41)36(43)31-12-8-6-10-29(31)28-9-5-7-11-30(28)35(42)38-24(2)26-14-16-27(37)17-15-26/h5-18,23-24H,4,19-22H2,1-3H3,(H,38,42)(H,40,41). The van der Waals surface area contributed by atoms with E-state index in [0.717, 1.165) is 11.1 Å². The van der Waals surface area contributed by atoms with Gasteiger partial charge in [-0.2, -0.15) is 0 Å². The molecule has 0 aliphatic rings. The summed E-state index contributed by atoms with van der Waals surface area (Å²) in [6.45, 7) is 4.45. The lowest BCUT2D eigenvalue weighted by Gasteiger charge is -2.24. The van der Waals surface area contributed by atoms with Crippen LogP contribution in [0.25, 0.3) is 11.1 Å². The Morgan fingerprint density at radius 1 is 0.867 bits per heavy atom. The van der Waals surface area contributed by atoms with Gasteiger partial charge >= 0.3 is 5.97 Å². The number of amides is 2. The molecule has 0 spiro atoms. The van der Waals surface area contributed by atoms with Crippen molar-refractivity contribution in [1.29, 1.82) is 0 Å². The first kappa shape index (κ1) is 32.7. The Hall–Kier alpha value is -5.18. The van der Waals surface area contributed by atoms with Crippen molar-refractivity contribution in [3.05, 3.63) is 119 Å². The van der Waals surface area contributed by atoms with Crippen LogP contribution in [-0.4, -0.2) is 54.6 Å². The molecule has 0 aliphatic carbocycles. The van der Waals surface area contributed by atoms with Gasteiger partial charge in [0.15, 0.2) is 11.5 Å². The molecule has 2 N–H and O–H groups in total. The molecule has 0 saturated carbocycles. The third-order valence-electron chi connectivity index (χ3n) is 7.42. The number of nitrogens with one attached hydrogen (secondary N) is 1. The molecular formula is C36H37FN2O6. The van der Waals surface area contributed by atoms with Crippen LogP contribution in [0, 0.1) is 5.82 Å². The number of carboxylic acid groups (broad SMARTS) is 1. The number of benzene rings is 4. The zero-order chi connectivity index (χ0) is 32.3. The average Bonchev–Trinajstić information content (AvgIpc) is 3.05. The molecule has 9 heteroatoms. The Morgan fingerprint density at radius 2 is 1.51 bits per heavy atom. The minimum Gasteiger partial charge on any atom is -0.493 e. The predicted octanol–water partition coefficient (Wildman–Crippen LogP) is 6.55. The maximum absolute atomic E-state index is 14.1. The molecule has 45 heavy (non-hydrogen) atoms. The fourth-order valence-corrected chi connectivity index (χ4v) is 5.05. The molecule has 0 aliphatic heterocycles. The predicted molar refractivity (Wildman–Crippen MR) is 170 cm³/mol. The Labute approximate surface area is 262 Å². The molecule has 4 rings (SSSR count). The van der Waals surface area contributed by atoms with Crippen LogP contribution in [0.4, 0.5) is 4.39 Å². The summed E-state index contributed by atoms with van der Waals surface area (Å²) in [4.78, 5) is 40.6. The lowest BCUT2D eigenvalue weighted by Crippen LogP contribution is -2.35. The molecule has 8 nitrogen and oxygen atoms in total. The second-order valence-corrected chi connectivity index (χ2v) is 10.4. The Kier molecular flexibility index (Phi) is 11.3. The number of methoxy groups -OCH3 is 1. The van der Waals surface area contributed by atoms with Crippen LogP contribution in [0.1, 0.15) is 58.2 Å². The summed E-state index contributed by atoms with van der Waals surface area (Å²) >= 11 is 0. The fraction of sp³-hybridized carbons (Fsp3) is 0.250. The number of halogens is 1. The SMILES string of the molecule is CCOc1ccc(CCN(CCC(=O)O)C(=O)c2ccccc2-c2ccccc2C(=O)NC(C)c2ccc(F)cc2)cc1OC. The van der Waals surface area contributed by atoms with Crippen molar-refractivity contribution in [1.82, 2.24) is 10.2 Å². The summed E-state index contributed by atoms with van der Waals surface area (Å²) in [5, 5.41) is 12.4. The molecule has 0 aromatic heterocycles. The highest BCUT2D eigenvalue weighted by molar-refractivity contribution is 6.06. The molecular weight excluding hydrogens is 575 g/mol. The van der Waals surface area contributed by atoms with E-state index in [-0.39, 0.29) is 37.1 Å². The quantitative estimate of drug-likeness (QED) is 0.167. The number of ether oxygens (including phenoxy) is 2. The van der Waals surface area contributed by atoms with Gasteiger partial charge in [0.25, 0.3) is 11.8 Å². The summed E-state index contributed by atoms with van der Waals surface area (Å²) in [6, 6.07) is 25.1. The number of carbonyl (C=O) groups is 3. The first-order valence-corrected chi connectivity index (χ1v) is 14.8. The van der Waals surface area contributed by atoms with Gasteiger partial charge < -0.3 is 24.8 Å². The van der Waals surface area contributed by atoms with Crippen molar-refractivity contribution in [2.45, 2.75) is 32.7 Å². The molecule has 1 atom stereocenters. The zero-order valence-electron chi connectivity index (χ0n) is 25.6. The highest BCUT2D eigenvalue weighted by Gasteiger charge is 2.23. The van der Waals surface area contributed by atoms with E-state index in [1.807, 2.05) is 32.0 Å². The monoisotopic (exact) mass is 612 g/mol. The number of aliphatic carboxylic acids is 1.